The van der Waals surface area contributed by atoms with E-state index in [2.05, 4.69) is 23.5 Å². The Balaban J connectivity index is 1.93. The zero-order chi connectivity index (χ0) is 20.0. The highest BCUT2D eigenvalue weighted by molar-refractivity contribution is 7.92. The number of para-hydroxylation sites is 1. The molecule has 0 bridgehead atoms. The van der Waals surface area contributed by atoms with Crippen LogP contribution in [-0.2, 0) is 14.8 Å². The van der Waals surface area contributed by atoms with Gasteiger partial charge in [0.2, 0.25) is 15.9 Å². The standard InChI is InChI=1S/C21H28N2O3S/c1-16-12-13-17(2)20(15-16)18(3)22-21(24)11-8-14-23(27(4,25)26)19-9-6-5-7-10-19/h5-7,9-10,12-13,15,18H,8,11,14H2,1-4H3,(H,22,24)/t18-/m1/s1. The van der Waals surface area contributed by atoms with Crippen LogP contribution in [0.1, 0.15) is 42.5 Å². The van der Waals surface area contributed by atoms with Crippen LogP contribution in [0.3, 0.4) is 0 Å². The third-order valence-electron chi connectivity index (χ3n) is 4.49. The second-order valence-electron chi connectivity index (χ2n) is 6.92. The molecule has 0 radical (unpaired) electrons. The Morgan fingerprint density at radius 3 is 2.41 bits per heavy atom. The van der Waals surface area contributed by atoms with Crippen molar-refractivity contribution in [2.24, 2.45) is 0 Å². The molecule has 1 atom stereocenters. The monoisotopic (exact) mass is 388 g/mol. The van der Waals surface area contributed by atoms with Crippen LogP contribution in [0.15, 0.2) is 48.5 Å². The van der Waals surface area contributed by atoms with Crippen LogP contribution in [-0.4, -0.2) is 27.1 Å². The SMILES string of the molecule is Cc1ccc(C)c([C@@H](C)NC(=O)CCCN(c2ccccc2)S(C)(=O)=O)c1. The Labute approximate surface area is 162 Å². The van der Waals surface area contributed by atoms with Gasteiger partial charge < -0.3 is 5.32 Å². The first kappa shape index (κ1) is 21.0. The highest BCUT2D eigenvalue weighted by Gasteiger charge is 2.18. The van der Waals surface area contributed by atoms with Gasteiger partial charge in [0.1, 0.15) is 0 Å². The molecule has 0 aliphatic carbocycles. The van der Waals surface area contributed by atoms with Crippen LogP contribution in [0.25, 0.3) is 0 Å². The summed E-state index contributed by atoms with van der Waals surface area (Å²) in [6.07, 6.45) is 1.91. The van der Waals surface area contributed by atoms with Gasteiger partial charge in [-0.3, -0.25) is 9.10 Å². The number of nitrogens with zero attached hydrogens (tertiary/aromatic N) is 1. The number of aryl methyl sites for hydroxylation is 2. The highest BCUT2D eigenvalue weighted by atomic mass is 32.2. The van der Waals surface area contributed by atoms with E-state index in [9.17, 15) is 13.2 Å². The van der Waals surface area contributed by atoms with E-state index in [-0.39, 0.29) is 24.9 Å². The molecular formula is C21H28N2O3S. The second-order valence-corrected chi connectivity index (χ2v) is 8.83. The summed E-state index contributed by atoms with van der Waals surface area (Å²) in [7, 11) is -3.39. The first-order valence-corrected chi connectivity index (χ1v) is 10.9. The molecule has 6 heteroatoms. The lowest BCUT2D eigenvalue weighted by molar-refractivity contribution is -0.121. The van der Waals surface area contributed by atoms with Crippen molar-refractivity contribution in [3.8, 4) is 0 Å². The molecular weight excluding hydrogens is 360 g/mol. The molecule has 0 aromatic heterocycles. The van der Waals surface area contributed by atoms with Gasteiger partial charge in [0.05, 0.1) is 18.0 Å². The largest absolute Gasteiger partial charge is 0.350 e. The lowest BCUT2D eigenvalue weighted by Gasteiger charge is -2.22. The van der Waals surface area contributed by atoms with Crippen molar-refractivity contribution in [1.82, 2.24) is 5.32 Å². The number of rotatable bonds is 8. The number of carbonyl (C=O) groups excluding carboxylic acids is 1. The Kier molecular flexibility index (Phi) is 7.02. The van der Waals surface area contributed by atoms with Gasteiger partial charge >= 0.3 is 0 Å². The predicted octanol–water partition coefficient (Wildman–Crippen LogP) is 3.73. The van der Waals surface area contributed by atoms with Gasteiger partial charge in [0, 0.05) is 13.0 Å². The van der Waals surface area contributed by atoms with Crippen molar-refractivity contribution in [3.63, 3.8) is 0 Å². The first-order valence-electron chi connectivity index (χ1n) is 9.08. The zero-order valence-electron chi connectivity index (χ0n) is 16.4. The minimum absolute atomic E-state index is 0.0788. The third-order valence-corrected chi connectivity index (χ3v) is 5.68. The van der Waals surface area contributed by atoms with Gasteiger partial charge in [-0.2, -0.15) is 0 Å². The maximum atomic E-state index is 12.3. The van der Waals surface area contributed by atoms with E-state index in [0.717, 1.165) is 16.7 Å². The molecule has 27 heavy (non-hydrogen) atoms. The summed E-state index contributed by atoms with van der Waals surface area (Å²) >= 11 is 0. The number of amides is 1. The minimum atomic E-state index is -3.39. The average molecular weight is 389 g/mol. The molecule has 2 aromatic carbocycles. The van der Waals surface area contributed by atoms with E-state index < -0.39 is 10.0 Å². The summed E-state index contributed by atoms with van der Waals surface area (Å²) in [5.74, 6) is -0.0788. The summed E-state index contributed by atoms with van der Waals surface area (Å²) < 4.78 is 25.5. The fourth-order valence-electron chi connectivity index (χ4n) is 3.08. The minimum Gasteiger partial charge on any atom is -0.350 e. The smallest absolute Gasteiger partial charge is 0.232 e. The molecule has 0 aliphatic heterocycles. The van der Waals surface area contributed by atoms with Crippen molar-refractivity contribution in [1.29, 1.82) is 0 Å². The molecule has 0 saturated heterocycles. The van der Waals surface area contributed by atoms with Gasteiger partial charge in [-0.1, -0.05) is 42.0 Å². The molecule has 2 rings (SSSR count). The molecule has 1 amide bonds. The van der Waals surface area contributed by atoms with Crippen molar-refractivity contribution in [2.75, 3.05) is 17.1 Å². The predicted molar refractivity (Wildman–Crippen MR) is 110 cm³/mol. The summed E-state index contributed by atoms with van der Waals surface area (Å²) in [5, 5.41) is 3.01. The number of anilines is 1. The molecule has 0 saturated carbocycles. The van der Waals surface area contributed by atoms with Crippen LogP contribution in [0, 0.1) is 13.8 Å². The van der Waals surface area contributed by atoms with Gasteiger partial charge in [-0.15, -0.1) is 0 Å². The second kappa shape index (κ2) is 9.04. The highest BCUT2D eigenvalue weighted by Crippen LogP contribution is 2.20. The van der Waals surface area contributed by atoms with E-state index in [4.69, 9.17) is 0 Å². The summed E-state index contributed by atoms with van der Waals surface area (Å²) in [6.45, 7) is 6.29. The third kappa shape index (κ3) is 6.10. The fourth-order valence-corrected chi connectivity index (χ4v) is 4.05. The molecule has 2 aromatic rings. The number of carbonyl (C=O) groups is 1. The van der Waals surface area contributed by atoms with Crippen LogP contribution in [0.4, 0.5) is 5.69 Å². The molecule has 0 fully saturated rings. The number of nitrogens with one attached hydrogen (secondary N) is 1. The van der Waals surface area contributed by atoms with Gasteiger partial charge in [0.15, 0.2) is 0 Å². The fraction of sp³-hybridized carbons (Fsp3) is 0.381. The maximum absolute atomic E-state index is 12.3. The zero-order valence-corrected chi connectivity index (χ0v) is 17.2. The first-order chi connectivity index (χ1) is 12.7. The average Bonchev–Trinajstić information content (AvgIpc) is 2.60. The van der Waals surface area contributed by atoms with E-state index >= 15 is 0 Å². The van der Waals surface area contributed by atoms with Crippen LogP contribution >= 0.6 is 0 Å². The van der Waals surface area contributed by atoms with E-state index in [1.165, 1.54) is 10.6 Å². The lowest BCUT2D eigenvalue weighted by atomic mass is 10.00. The Bertz CT molecular complexity index is 880. The van der Waals surface area contributed by atoms with Crippen molar-refractivity contribution >= 4 is 21.6 Å². The maximum Gasteiger partial charge on any atom is 0.232 e. The van der Waals surface area contributed by atoms with Crippen molar-refractivity contribution in [3.05, 3.63) is 65.2 Å². The number of hydrogen-bond donors (Lipinski definition) is 1. The van der Waals surface area contributed by atoms with E-state index in [0.29, 0.717) is 12.1 Å². The molecule has 0 unspecified atom stereocenters. The van der Waals surface area contributed by atoms with Gasteiger partial charge in [-0.25, -0.2) is 8.42 Å². The van der Waals surface area contributed by atoms with Crippen LogP contribution < -0.4 is 9.62 Å². The Hall–Kier alpha value is -2.34. The molecule has 146 valence electrons. The van der Waals surface area contributed by atoms with Gasteiger partial charge in [-0.05, 0) is 50.5 Å². The lowest BCUT2D eigenvalue weighted by Crippen LogP contribution is -2.32. The summed E-state index contributed by atoms with van der Waals surface area (Å²) in [6, 6.07) is 15.0. The Morgan fingerprint density at radius 2 is 1.78 bits per heavy atom. The summed E-state index contributed by atoms with van der Waals surface area (Å²) in [5.41, 5.74) is 4.01. The normalized spacial score (nSPS) is 12.4. The number of benzene rings is 2. The van der Waals surface area contributed by atoms with Crippen LogP contribution in [0.5, 0.6) is 0 Å². The quantitative estimate of drug-likeness (QED) is 0.749. The Morgan fingerprint density at radius 1 is 1.11 bits per heavy atom. The van der Waals surface area contributed by atoms with E-state index in [1.54, 1.807) is 24.3 Å². The number of sulfonamides is 1. The van der Waals surface area contributed by atoms with E-state index in [1.807, 2.05) is 26.8 Å². The molecule has 0 aliphatic rings. The topological polar surface area (TPSA) is 66.5 Å². The van der Waals surface area contributed by atoms with Crippen molar-refractivity contribution in [2.45, 2.75) is 39.7 Å². The van der Waals surface area contributed by atoms with Gasteiger partial charge in [0.25, 0.3) is 0 Å². The molecule has 0 spiro atoms. The molecule has 0 heterocycles. The van der Waals surface area contributed by atoms with Crippen molar-refractivity contribution < 1.29 is 13.2 Å². The summed E-state index contributed by atoms with van der Waals surface area (Å²) in [4.78, 5) is 12.3. The van der Waals surface area contributed by atoms with Crippen LogP contribution in [0.2, 0.25) is 0 Å². The molecule has 1 N–H and O–H groups in total. The number of hydrogen-bond acceptors (Lipinski definition) is 3. The molecule has 5 nitrogen and oxygen atoms in total.